The molecule has 1 aromatic carbocycles. The molecule has 1 atom stereocenters. The first kappa shape index (κ1) is 18.9. The second kappa shape index (κ2) is 8.12. The molecule has 3 rings (SSSR count). The van der Waals surface area contributed by atoms with Crippen LogP contribution in [0.25, 0.3) is 0 Å². The van der Waals surface area contributed by atoms with Crippen molar-refractivity contribution in [3.63, 3.8) is 0 Å². The molecule has 1 heterocycles. The Morgan fingerprint density at radius 2 is 2.04 bits per heavy atom. The lowest BCUT2D eigenvalue weighted by Gasteiger charge is -2.32. The molecule has 1 aromatic rings. The van der Waals surface area contributed by atoms with Gasteiger partial charge in [-0.15, -0.1) is 12.4 Å². The van der Waals surface area contributed by atoms with Gasteiger partial charge >= 0.3 is 0 Å². The summed E-state index contributed by atoms with van der Waals surface area (Å²) in [5.74, 6) is 1.79. The lowest BCUT2D eigenvalue weighted by Crippen LogP contribution is -2.47. The van der Waals surface area contributed by atoms with Gasteiger partial charge in [-0.3, -0.25) is 9.79 Å². The van der Waals surface area contributed by atoms with Crippen molar-refractivity contribution in [1.29, 1.82) is 0 Å². The molecule has 1 unspecified atom stereocenters. The van der Waals surface area contributed by atoms with Gasteiger partial charge in [0, 0.05) is 26.3 Å². The summed E-state index contributed by atoms with van der Waals surface area (Å²) in [6, 6.07) is 8.39. The first-order valence-electron chi connectivity index (χ1n) is 7.92. The smallest absolute Gasteiger partial charge is 0.221 e. The number of carbonyl (C=O) groups is 1. The number of rotatable bonds is 5. The number of hydrogen-bond acceptors (Lipinski definition) is 4. The van der Waals surface area contributed by atoms with E-state index in [1.54, 1.807) is 25.8 Å². The molecular weight excluding hydrogens is 346 g/mol. The van der Waals surface area contributed by atoms with Crippen molar-refractivity contribution in [3.05, 3.63) is 29.8 Å². The summed E-state index contributed by atoms with van der Waals surface area (Å²) in [7, 11) is 3.69. The fourth-order valence-corrected chi connectivity index (χ4v) is 3.88. The van der Waals surface area contributed by atoms with E-state index in [4.69, 9.17) is 9.73 Å². The molecule has 0 N–H and O–H groups in total. The van der Waals surface area contributed by atoms with Crippen molar-refractivity contribution < 1.29 is 9.53 Å². The molecule has 7 heteroatoms. The molecule has 0 spiro atoms. The Balaban J connectivity index is 0.00000208. The SMILES string of the molecule is COc1ccc(CN(C(C)=O)C2CSC(=NC3CC3)N2C)cc1.Cl. The van der Waals surface area contributed by atoms with E-state index in [-0.39, 0.29) is 24.5 Å². The van der Waals surface area contributed by atoms with Crippen molar-refractivity contribution in [3.8, 4) is 5.75 Å². The normalized spacial score (nSPS) is 21.5. The fraction of sp³-hybridized carbons (Fsp3) is 0.529. The Bertz CT molecular complexity index is 604. The lowest BCUT2D eigenvalue weighted by atomic mass is 10.2. The van der Waals surface area contributed by atoms with Crippen LogP contribution in [0.15, 0.2) is 29.3 Å². The summed E-state index contributed by atoms with van der Waals surface area (Å²) >= 11 is 1.75. The van der Waals surface area contributed by atoms with Crippen LogP contribution in [0.3, 0.4) is 0 Å². The topological polar surface area (TPSA) is 45.1 Å². The molecule has 2 fully saturated rings. The van der Waals surface area contributed by atoms with Gasteiger partial charge in [-0.05, 0) is 30.5 Å². The highest BCUT2D eigenvalue weighted by Crippen LogP contribution is 2.31. The molecule has 1 saturated heterocycles. The molecule has 1 amide bonds. The molecule has 1 aliphatic carbocycles. The van der Waals surface area contributed by atoms with Gasteiger partial charge in [-0.1, -0.05) is 23.9 Å². The summed E-state index contributed by atoms with van der Waals surface area (Å²) in [6.45, 7) is 2.24. The minimum Gasteiger partial charge on any atom is -0.497 e. The zero-order valence-electron chi connectivity index (χ0n) is 14.3. The second-order valence-electron chi connectivity index (χ2n) is 6.04. The van der Waals surface area contributed by atoms with Crippen molar-refractivity contribution in [2.24, 2.45) is 4.99 Å². The predicted molar refractivity (Wildman–Crippen MR) is 101 cm³/mol. The zero-order chi connectivity index (χ0) is 16.4. The van der Waals surface area contributed by atoms with Crippen molar-refractivity contribution in [1.82, 2.24) is 9.80 Å². The maximum Gasteiger partial charge on any atom is 0.221 e. The van der Waals surface area contributed by atoms with Crippen LogP contribution >= 0.6 is 24.2 Å². The standard InChI is InChI=1S/C17H23N3O2S.ClH/c1-12(21)20(10-13-4-8-15(22-3)9-5-13)16-11-23-17(19(16)2)18-14-6-7-14;/h4-5,8-9,14,16H,6-7,10-11H2,1-3H3;1H. The molecule has 2 aliphatic rings. The van der Waals surface area contributed by atoms with Gasteiger partial charge in [0.2, 0.25) is 5.91 Å². The molecular formula is C17H24ClN3O2S. The molecule has 0 aromatic heterocycles. The number of amides is 1. The van der Waals surface area contributed by atoms with Crippen molar-refractivity contribution >= 4 is 35.2 Å². The van der Waals surface area contributed by atoms with Gasteiger partial charge in [-0.2, -0.15) is 0 Å². The average Bonchev–Trinajstić information content (AvgIpc) is 3.30. The Morgan fingerprint density at radius 1 is 1.38 bits per heavy atom. The summed E-state index contributed by atoms with van der Waals surface area (Å²) in [5, 5.41) is 1.07. The van der Waals surface area contributed by atoms with E-state index in [9.17, 15) is 4.79 Å². The number of benzene rings is 1. The Hall–Kier alpha value is -1.40. The van der Waals surface area contributed by atoms with E-state index in [1.165, 1.54) is 12.8 Å². The van der Waals surface area contributed by atoms with E-state index < -0.39 is 0 Å². The van der Waals surface area contributed by atoms with Crippen LogP contribution < -0.4 is 4.74 Å². The van der Waals surface area contributed by atoms with Gasteiger partial charge in [0.25, 0.3) is 0 Å². The molecule has 1 aliphatic heterocycles. The predicted octanol–water partition coefficient (Wildman–Crippen LogP) is 2.99. The van der Waals surface area contributed by atoms with Crippen LogP contribution in [-0.2, 0) is 11.3 Å². The van der Waals surface area contributed by atoms with Crippen LogP contribution in [0.4, 0.5) is 0 Å². The van der Waals surface area contributed by atoms with Gasteiger partial charge < -0.3 is 14.5 Å². The minimum absolute atomic E-state index is 0. The molecule has 5 nitrogen and oxygen atoms in total. The summed E-state index contributed by atoms with van der Waals surface area (Å²) in [4.78, 5) is 21.0. The molecule has 132 valence electrons. The third-order valence-electron chi connectivity index (χ3n) is 4.23. The third kappa shape index (κ3) is 4.36. The molecule has 0 bridgehead atoms. The van der Waals surface area contributed by atoms with Crippen LogP contribution in [0, 0.1) is 0 Å². The van der Waals surface area contributed by atoms with Crippen LogP contribution in [0.1, 0.15) is 25.3 Å². The van der Waals surface area contributed by atoms with Crippen molar-refractivity contribution in [2.75, 3.05) is 19.9 Å². The lowest BCUT2D eigenvalue weighted by molar-refractivity contribution is -0.133. The average molecular weight is 370 g/mol. The zero-order valence-corrected chi connectivity index (χ0v) is 15.9. The number of nitrogens with zero attached hydrogens (tertiary/aromatic N) is 3. The molecule has 0 radical (unpaired) electrons. The fourth-order valence-electron chi connectivity index (χ4n) is 2.63. The van der Waals surface area contributed by atoms with E-state index in [0.717, 1.165) is 22.2 Å². The minimum atomic E-state index is 0. The summed E-state index contributed by atoms with van der Waals surface area (Å²) in [6.07, 6.45) is 2.47. The number of aliphatic imine (C=N–C) groups is 1. The summed E-state index contributed by atoms with van der Waals surface area (Å²) < 4.78 is 5.19. The first-order chi connectivity index (χ1) is 11.1. The number of amidine groups is 1. The Labute approximate surface area is 153 Å². The van der Waals surface area contributed by atoms with Crippen molar-refractivity contribution in [2.45, 2.75) is 38.5 Å². The monoisotopic (exact) mass is 369 g/mol. The second-order valence-corrected chi connectivity index (χ2v) is 7.03. The number of carbonyl (C=O) groups excluding carboxylic acids is 1. The number of thioether (sulfide) groups is 1. The van der Waals surface area contributed by atoms with Gasteiger partial charge in [0.05, 0.1) is 13.2 Å². The quantitative estimate of drug-likeness (QED) is 0.800. The summed E-state index contributed by atoms with van der Waals surface area (Å²) in [5.41, 5.74) is 1.10. The highest BCUT2D eigenvalue weighted by atomic mass is 35.5. The Morgan fingerprint density at radius 3 is 2.58 bits per heavy atom. The van der Waals surface area contributed by atoms with Gasteiger partial charge in [0.1, 0.15) is 11.9 Å². The number of ether oxygens (including phenoxy) is 1. The van der Waals surface area contributed by atoms with Gasteiger partial charge in [0.15, 0.2) is 5.17 Å². The largest absolute Gasteiger partial charge is 0.497 e. The van der Waals surface area contributed by atoms with E-state index in [2.05, 4.69) is 4.90 Å². The van der Waals surface area contributed by atoms with Gasteiger partial charge in [-0.25, -0.2) is 0 Å². The number of hydrogen-bond donors (Lipinski definition) is 0. The maximum absolute atomic E-state index is 12.2. The van der Waals surface area contributed by atoms with Crippen LogP contribution in [0.2, 0.25) is 0 Å². The van der Waals surface area contributed by atoms with E-state index in [1.807, 2.05) is 36.2 Å². The molecule has 1 saturated carbocycles. The number of halogens is 1. The van der Waals surface area contributed by atoms with E-state index in [0.29, 0.717) is 12.6 Å². The van der Waals surface area contributed by atoms with E-state index >= 15 is 0 Å². The van der Waals surface area contributed by atoms with Crippen LogP contribution in [-0.4, -0.2) is 53.0 Å². The van der Waals surface area contributed by atoms with Crippen LogP contribution in [0.5, 0.6) is 5.75 Å². The number of methoxy groups -OCH3 is 1. The highest BCUT2D eigenvalue weighted by Gasteiger charge is 2.35. The Kier molecular flexibility index (Phi) is 6.40. The first-order valence-corrected chi connectivity index (χ1v) is 8.90. The molecule has 24 heavy (non-hydrogen) atoms. The third-order valence-corrected chi connectivity index (χ3v) is 5.34. The maximum atomic E-state index is 12.2. The highest BCUT2D eigenvalue weighted by molar-refractivity contribution is 8.14.